The fourth-order valence-corrected chi connectivity index (χ4v) is 5.28. The summed E-state index contributed by atoms with van der Waals surface area (Å²) in [7, 11) is 0. The van der Waals surface area contributed by atoms with Crippen molar-refractivity contribution in [3.8, 4) is 0 Å². The minimum absolute atomic E-state index is 0.218. The van der Waals surface area contributed by atoms with Crippen LogP contribution in [-0.2, 0) is 24.5 Å². The lowest BCUT2D eigenvalue weighted by atomic mass is 9.80. The summed E-state index contributed by atoms with van der Waals surface area (Å²) in [5.41, 5.74) is 2.38. The lowest BCUT2D eigenvalue weighted by Gasteiger charge is -2.37. The van der Waals surface area contributed by atoms with E-state index in [2.05, 4.69) is 95.4 Å². The van der Waals surface area contributed by atoms with Crippen LogP contribution in [0, 0.1) is 0 Å². The van der Waals surface area contributed by atoms with Crippen LogP contribution in [-0.4, -0.2) is 30.7 Å². The van der Waals surface area contributed by atoms with Crippen molar-refractivity contribution in [2.75, 3.05) is 6.61 Å². The third-order valence-electron chi connectivity index (χ3n) is 6.18. The highest BCUT2D eigenvalue weighted by molar-refractivity contribution is 14.1. The molecular weight excluding hydrogens is 527 g/mol. The van der Waals surface area contributed by atoms with Crippen molar-refractivity contribution in [3.63, 3.8) is 0 Å². The maximum Gasteiger partial charge on any atom is 0.164 e. The molecule has 2 aliphatic rings. The molecule has 2 aliphatic heterocycles. The number of ether oxygens (including phenoxy) is 4. The summed E-state index contributed by atoms with van der Waals surface area (Å²) in [6.07, 6.45) is -0.723. The first-order chi connectivity index (χ1) is 16.0. The van der Waals surface area contributed by atoms with Gasteiger partial charge in [0.05, 0.1) is 6.61 Å². The van der Waals surface area contributed by atoms with Gasteiger partial charge in [0.25, 0.3) is 0 Å². The van der Waals surface area contributed by atoms with Crippen LogP contribution < -0.4 is 0 Å². The molecule has 1 unspecified atom stereocenters. The van der Waals surface area contributed by atoms with Gasteiger partial charge in [-0.15, -0.1) is 0 Å². The van der Waals surface area contributed by atoms with E-state index in [0.717, 1.165) is 22.4 Å². The summed E-state index contributed by atoms with van der Waals surface area (Å²) < 4.78 is 27.5. The van der Waals surface area contributed by atoms with E-state index in [-0.39, 0.29) is 18.3 Å². The number of benzene rings is 3. The zero-order valence-electron chi connectivity index (χ0n) is 18.7. The highest BCUT2D eigenvalue weighted by atomic mass is 127. The third kappa shape index (κ3) is 4.23. The fraction of sp³-hybridized carbons (Fsp3) is 0.286. The molecule has 33 heavy (non-hydrogen) atoms. The summed E-state index contributed by atoms with van der Waals surface area (Å²) >= 11 is 2.20. The van der Waals surface area contributed by atoms with E-state index >= 15 is 0 Å². The minimum Gasteiger partial charge on any atom is -0.486 e. The van der Waals surface area contributed by atoms with E-state index in [1.54, 1.807) is 0 Å². The molecule has 170 valence electrons. The molecule has 0 aromatic heterocycles. The fourth-order valence-electron chi connectivity index (χ4n) is 4.78. The zero-order chi connectivity index (χ0) is 22.9. The lowest BCUT2D eigenvalue weighted by Crippen LogP contribution is -2.39. The Morgan fingerprint density at radius 3 is 1.76 bits per heavy atom. The second-order valence-electron chi connectivity index (χ2n) is 8.78. The summed E-state index contributed by atoms with van der Waals surface area (Å²) in [6.45, 7) is 4.22. The van der Waals surface area contributed by atoms with Gasteiger partial charge in [0.1, 0.15) is 23.6 Å². The molecule has 5 rings (SSSR count). The normalized spacial score (nSPS) is 25.1. The Labute approximate surface area is 208 Å². The van der Waals surface area contributed by atoms with Crippen molar-refractivity contribution >= 4 is 22.6 Å². The maximum absolute atomic E-state index is 6.95. The number of halogens is 1. The molecule has 0 aliphatic carbocycles. The summed E-state index contributed by atoms with van der Waals surface area (Å²) in [5, 5.41) is 0. The van der Waals surface area contributed by atoms with Crippen LogP contribution in [0.2, 0.25) is 0 Å². The van der Waals surface area contributed by atoms with E-state index in [9.17, 15) is 0 Å². The van der Waals surface area contributed by atoms with E-state index in [1.807, 2.05) is 36.1 Å². The second kappa shape index (κ2) is 9.22. The van der Waals surface area contributed by atoms with Gasteiger partial charge in [-0.3, -0.25) is 0 Å². The standard InChI is InChI=1S/C28H27IO4/c1-27(2)32-25-23(18-29)31-24(26(25)33-27)19-30-28(20-12-6-3-7-13-20,21-14-8-4-9-15-21)22-16-10-5-11-17-22/h3-18,24-26H,19H2,1-2H3/t24?,25-,26+/m0/s1. The second-order valence-corrected chi connectivity index (χ2v) is 9.40. The van der Waals surface area contributed by atoms with Crippen molar-refractivity contribution in [1.29, 1.82) is 0 Å². The van der Waals surface area contributed by atoms with E-state index in [0.29, 0.717) is 6.61 Å². The molecule has 4 nitrogen and oxygen atoms in total. The molecule has 2 saturated heterocycles. The number of fused-ring (bicyclic) bond motifs is 1. The molecule has 0 spiro atoms. The van der Waals surface area contributed by atoms with Crippen LogP contribution in [0.25, 0.3) is 0 Å². The molecule has 0 bridgehead atoms. The molecule has 2 heterocycles. The molecule has 3 atom stereocenters. The Morgan fingerprint density at radius 2 is 1.30 bits per heavy atom. The van der Waals surface area contributed by atoms with Crippen LogP contribution in [0.1, 0.15) is 30.5 Å². The van der Waals surface area contributed by atoms with Gasteiger partial charge in [-0.1, -0.05) is 91.0 Å². The first kappa shape index (κ1) is 22.6. The molecule has 3 aromatic rings. The number of hydrogen-bond donors (Lipinski definition) is 0. The van der Waals surface area contributed by atoms with Gasteiger partial charge in [-0.2, -0.15) is 0 Å². The monoisotopic (exact) mass is 554 g/mol. The van der Waals surface area contributed by atoms with Crippen molar-refractivity contribution in [3.05, 3.63) is 118 Å². The van der Waals surface area contributed by atoms with Gasteiger partial charge in [0.2, 0.25) is 0 Å². The molecule has 5 heteroatoms. The Kier molecular flexibility index (Phi) is 6.31. The molecule has 0 N–H and O–H groups in total. The zero-order valence-corrected chi connectivity index (χ0v) is 20.8. The van der Waals surface area contributed by atoms with Crippen molar-refractivity contribution in [2.45, 2.75) is 43.5 Å². The largest absolute Gasteiger partial charge is 0.486 e. The van der Waals surface area contributed by atoms with Crippen LogP contribution in [0.4, 0.5) is 0 Å². The van der Waals surface area contributed by atoms with Crippen molar-refractivity contribution in [1.82, 2.24) is 0 Å². The van der Waals surface area contributed by atoms with E-state index in [1.165, 1.54) is 0 Å². The maximum atomic E-state index is 6.95. The average Bonchev–Trinajstić information content (AvgIpc) is 3.34. The van der Waals surface area contributed by atoms with Gasteiger partial charge in [0.15, 0.2) is 11.9 Å². The first-order valence-electron chi connectivity index (χ1n) is 11.2. The lowest BCUT2D eigenvalue weighted by molar-refractivity contribution is -0.174. The quantitative estimate of drug-likeness (QED) is 0.269. The van der Waals surface area contributed by atoms with Crippen LogP contribution >= 0.6 is 22.6 Å². The smallest absolute Gasteiger partial charge is 0.164 e. The van der Waals surface area contributed by atoms with E-state index in [4.69, 9.17) is 18.9 Å². The topological polar surface area (TPSA) is 36.9 Å². The average molecular weight is 554 g/mol. The first-order valence-corrected chi connectivity index (χ1v) is 12.4. The molecule has 3 aromatic carbocycles. The third-order valence-corrected chi connectivity index (χ3v) is 6.79. The molecule has 2 fully saturated rings. The number of hydrogen-bond acceptors (Lipinski definition) is 4. The Hall–Kier alpha value is -2.19. The SMILES string of the molecule is CC1(C)O[C@@H]2C(COC(c3ccccc3)(c3ccccc3)c3ccccc3)OC(=CI)[C@@H]2O1. The van der Waals surface area contributed by atoms with Gasteiger partial charge in [-0.05, 0) is 53.1 Å². The Bertz CT molecular complexity index is 1000. The van der Waals surface area contributed by atoms with Gasteiger partial charge in [-0.25, -0.2) is 0 Å². The van der Waals surface area contributed by atoms with E-state index < -0.39 is 11.4 Å². The summed E-state index contributed by atoms with van der Waals surface area (Å²) in [5.74, 6) is 0.141. The highest BCUT2D eigenvalue weighted by Gasteiger charge is 2.54. The Morgan fingerprint density at radius 1 is 0.818 bits per heavy atom. The molecule has 0 saturated carbocycles. The summed E-state index contributed by atoms with van der Waals surface area (Å²) in [6, 6.07) is 31.1. The predicted molar refractivity (Wildman–Crippen MR) is 136 cm³/mol. The minimum atomic E-state index is -0.797. The van der Waals surface area contributed by atoms with Crippen LogP contribution in [0.3, 0.4) is 0 Å². The molecule has 0 amide bonds. The summed E-state index contributed by atoms with van der Waals surface area (Å²) in [4.78, 5) is 0. The van der Waals surface area contributed by atoms with Gasteiger partial charge in [0, 0.05) is 4.08 Å². The van der Waals surface area contributed by atoms with Gasteiger partial charge < -0.3 is 18.9 Å². The van der Waals surface area contributed by atoms with Crippen molar-refractivity contribution < 1.29 is 18.9 Å². The van der Waals surface area contributed by atoms with Gasteiger partial charge >= 0.3 is 0 Å². The Balaban J connectivity index is 1.56. The highest BCUT2D eigenvalue weighted by Crippen LogP contribution is 2.44. The van der Waals surface area contributed by atoms with Crippen LogP contribution in [0.15, 0.2) is 101 Å². The molecule has 0 radical (unpaired) electrons. The number of rotatable bonds is 6. The predicted octanol–water partition coefficient (Wildman–Crippen LogP) is 6.19. The molecular formula is C28H27IO4. The van der Waals surface area contributed by atoms with Crippen LogP contribution in [0.5, 0.6) is 0 Å². The van der Waals surface area contributed by atoms with Crippen molar-refractivity contribution in [2.24, 2.45) is 0 Å².